The van der Waals surface area contributed by atoms with Crippen molar-refractivity contribution in [3.05, 3.63) is 22.2 Å². The number of nitrogens with one attached hydrogen (secondary N) is 1. The molecule has 19 heavy (non-hydrogen) atoms. The monoisotopic (exact) mass is 326 g/mol. The smallest absolute Gasteiger partial charge is 0.181 e. The first-order chi connectivity index (χ1) is 9.12. The van der Waals surface area contributed by atoms with E-state index in [2.05, 4.69) is 28.2 Å². The lowest BCUT2D eigenvalue weighted by Gasteiger charge is -2.16. The average Bonchev–Trinajstić information content (AvgIpc) is 2.40. The highest BCUT2D eigenvalue weighted by molar-refractivity contribution is 9.10. The molecule has 0 bridgehead atoms. The molecule has 1 atom stereocenters. The molecule has 5 heteroatoms. The average molecular weight is 327 g/mol. The minimum Gasteiger partial charge on any atom is -0.490 e. The predicted octanol–water partition coefficient (Wildman–Crippen LogP) is 3.25. The molecule has 104 valence electrons. The molecule has 1 aromatic carbocycles. The molecule has 0 aromatic heterocycles. The summed E-state index contributed by atoms with van der Waals surface area (Å²) in [6, 6.07) is 5.97. The van der Waals surface area contributed by atoms with Crippen molar-refractivity contribution in [2.75, 3.05) is 13.2 Å². The van der Waals surface area contributed by atoms with Gasteiger partial charge in [-0.2, -0.15) is 5.26 Å². The quantitative estimate of drug-likeness (QED) is 0.835. The van der Waals surface area contributed by atoms with Crippen molar-refractivity contribution >= 4 is 15.9 Å². The van der Waals surface area contributed by atoms with Crippen LogP contribution in [0.4, 0.5) is 0 Å². The second kappa shape index (κ2) is 8.03. The normalized spacial score (nSPS) is 11.7. The molecule has 0 saturated heterocycles. The van der Waals surface area contributed by atoms with Crippen LogP contribution < -0.4 is 14.8 Å². The Kier molecular flexibility index (Phi) is 6.68. The fourth-order valence-corrected chi connectivity index (χ4v) is 2.16. The number of nitrogens with zero attached hydrogens (tertiary/aromatic N) is 1. The molecular formula is C14H19BrN2O2. The van der Waals surface area contributed by atoms with Crippen LogP contribution in [0.1, 0.15) is 26.3 Å². The van der Waals surface area contributed by atoms with Gasteiger partial charge < -0.3 is 14.8 Å². The zero-order valence-corrected chi connectivity index (χ0v) is 13.1. The molecule has 4 nitrogen and oxygen atoms in total. The zero-order valence-electron chi connectivity index (χ0n) is 11.5. The van der Waals surface area contributed by atoms with Crippen molar-refractivity contribution in [3.8, 4) is 17.6 Å². The van der Waals surface area contributed by atoms with Crippen LogP contribution >= 0.6 is 15.9 Å². The molecule has 0 heterocycles. The van der Waals surface area contributed by atoms with Gasteiger partial charge in [0.1, 0.15) is 6.07 Å². The number of benzene rings is 1. The van der Waals surface area contributed by atoms with Gasteiger partial charge in [-0.15, -0.1) is 0 Å². The van der Waals surface area contributed by atoms with E-state index in [0.717, 1.165) is 23.1 Å². The highest BCUT2D eigenvalue weighted by Crippen LogP contribution is 2.37. The topological polar surface area (TPSA) is 54.3 Å². The maximum Gasteiger partial charge on any atom is 0.181 e. The van der Waals surface area contributed by atoms with Gasteiger partial charge in [-0.25, -0.2) is 0 Å². The fraction of sp³-hybridized carbons (Fsp3) is 0.500. The van der Waals surface area contributed by atoms with Gasteiger partial charge in [0.25, 0.3) is 0 Å². The van der Waals surface area contributed by atoms with E-state index in [9.17, 15) is 0 Å². The molecule has 0 aliphatic carbocycles. The maximum absolute atomic E-state index is 8.84. The van der Waals surface area contributed by atoms with Crippen LogP contribution in [-0.4, -0.2) is 19.3 Å². The van der Waals surface area contributed by atoms with E-state index in [-0.39, 0.29) is 0 Å². The third-order valence-corrected chi connectivity index (χ3v) is 3.01. The number of rotatable bonds is 7. The summed E-state index contributed by atoms with van der Waals surface area (Å²) in [6.45, 7) is 7.91. The third kappa shape index (κ3) is 4.73. The molecular weight excluding hydrogens is 308 g/mol. The van der Waals surface area contributed by atoms with Crippen LogP contribution in [0.5, 0.6) is 11.5 Å². The molecule has 0 aliphatic heterocycles. The fourth-order valence-electron chi connectivity index (χ4n) is 1.57. The molecule has 0 radical (unpaired) electrons. The molecule has 0 fully saturated rings. The van der Waals surface area contributed by atoms with Crippen molar-refractivity contribution in [3.63, 3.8) is 0 Å². The second-order valence-electron chi connectivity index (χ2n) is 4.01. The Morgan fingerprint density at radius 2 is 2.16 bits per heavy atom. The van der Waals surface area contributed by atoms with Crippen LogP contribution in [0.15, 0.2) is 16.6 Å². The summed E-state index contributed by atoms with van der Waals surface area (Å²) in [5.74, 6) is 1.24. The third-order valence-electron chi connectivity index (χ3n) is 2.42. The Morgan fingerprint density at radius 3 is 2.74 bits per heavy atom. The van der Waals surface area contributed by atoms with E-state index in [1.807, 2.05) is 25.1 Å². The first-order valence-electron chi connectivity index (χ1n) is 6.34. The Hall–Kier alpha value is -1.25. The summed E-state index contributed by atoms with van der Waals surface area (Å²) in [5.41, 5.74) is 1.11. The molecule has 1 rings (SSSR count). The molecule has 1 aromatic rings. The molecule has 1 unspecified atom stereocenters. The Labute approximate surface area is 122 Å². The van der Waals surface area contributed by atoms with Gasteiger partial charge >= 0.3 is 0 Å². The van der Waals surface area contributed by atoms with Crippen LogP contribution in [0.2, 0.25) is 0 Å². The van der Waals surface area contributed by atoms with E-state index in [0.29, 0.717) is 18.1 Å². The highest BCUT2D eigenvalue weighted by atomic mass is 79.9. The van der Waals surface area contributed by atoms with Gasteiger partial charge in [-0.1, -0.05) is 6.92 Å². The largest absolute Gasteiger partial charge is 0.490 e. The van der Waals surface area contributed by atoms with E-state index in [1.54, 1.807) is 6.92 Å². The van der Waals surface area contributed by atoms with E-state index in [4.69, 9.17) is 14.7 Å². The Morgan fingerprint density at radius 1 is 1.42 bits per heavy atom. The van der Waals surface area contributed by atoms with Gasteiger partial charge in [0.2, 0.25) is 0 Å². The lowest BCUT2D eigenvalue weighted by Crippen LogP contribution is -2.13. The minimum atomic E-state index is -0.518. The molecule has 1 N–H and O–H groups in total. The molecule has 0 aliphatic rings. The number of hydrogen-bond donors (Lipinski definition) is 1. The van der Waals surface area contributed by atoms with Gasteiger partial charge in [-0.05, 0) is 54.0 Å². The van der Waals surface area contributed by atoms with Crippen molar-refractivity contribution < 1.29 is 9.47 Å². The summed E-state index contributed by atoms with van der Waals surface area (Å²) in [4.78, 5) is 0. The van der Waals surface area contributed by atoms with Crippen LogP contribution in [0.3, 0.4) is 0 Å². The van der Waals surface area contributed by atoms with Crippen molar-refractivity contribution in [1.29, 1.82) is 5.26 Å². The van der Waals surface area contributed by atoms with Gasteiger partial charge in [0, 0.05) is 6.54 Å². The van der Waals surface area contributed by atoms with Gasteiger partial charge in [0.15, 0.2) is 17.6 Å². The SMILES string of the molecule is CCNCc1cc(Br)c(OC(C)C#N)c(OCC)c1. The molecule has 0 spiro atoms. The van der Waals surface area contributed by atoms with Crippen molar-refractivity contribution in [2.24, 2.45) is 0 Å². The summed E-state index contributed by atoms with van der Waals surface area (Å²) >= 11 is 3.48. The number of halogens is 1. The maximum atomic E-state index is 8.84. The van der Waals surface area contributed by atoms with Crippen LogP contribution in [-0.2, 0) is 6.54 Å². The predicted molar refractivity (Wildman–Crippen MR) is 78.4 cm³/mol. The van der Waals surface area contributed by atoms with Crippen molar-refractivity contribution in [1.82, 2.24) is 5.32 Å². The van der Waals surface area contributed by atoms with E-state index >= 15 is 0 Å². The number of nitriles is 1. The first-order valence-corrected chi connectivity index (χ1v) is 7.13. The number of ether oxygens (including phenoxy) is 2. The van der Waals surface area contributed by atoms with Crippen LogP contribution in [0, 0.1) is 11.3 Å². The highest BCUT2D eigenvalue weighted by Gasteiger charge is 2.14. The van der Waals surface area contributed by atoms with Crippen LogP contribution in [0.25, 0.3) is 0 Å². The summed E-state index contributed by atoms with van der Waals surface area (Å²) < 4.78 is 12.0. The Bertz CT molecular complexity index is 457. The Balaban J connectivity index is 3.04. The molecule has 0 amide bonds. The van der Waals surface area contributed by atoms with E-state index in [1.165, 1.54) is 0 Å². The summed E-state index contributed by atoms with van der Waals surface area (Å²) in [6.07, 6.45) is -0.518. The van der Waals surface area contributed by atoms with E-state index < -0.39 is 6.10 Å². The second-order valence-corrected chi connectivity index (χ2v) is 4.86. The minimum absolute atomic E-state index is 0.518. The lowest BCUT2D eigenvalue weighted by atomic mass is 10.2. The standard InChI is InChI=1S/C14H19BrN2O2/c1-4-17-9-11-6-12(15)14(19-10(3)8-16)13(7-11)18-5-2/h6-7,10,17H,4-5,9H2,1-3H3. The zero-order chi connectivity index (χ0) is 14.3. The first kappa shape index (κ1) is 15.8. The van der Waals surface area contributed by atoms with Crippen molar-refractivity contribution in [2.45, 2.75) is 33.4 Å². The van der Waals surface area contributed by atoms with Gasteiger partial charge in [-0.3, -0.25) is 0 Å². The lowest BCUT2D eigenvalue weighted by molar-refractivity contribution is 0.248. The summed E-state index contributed by atoms with van der Waals surface area (Å²) in [7, 11) is 0. The van der Waals surface area contributed by atoms with Gasteiger partial charge in [0.05, 0.1) is 11.1 Å². The molecule has 0 saturated carbocycles. The number of hydrogen-bond acceptors (Lipinski definition) is 4. The summed E-state index contributed by atoms with van der Waals surface area (Å²) in [5, 5.41) is 12.1.